The summed E-state index contributed by atoms with van der Waals surface area (Å²) in [5.41, 5.74) is 0.485. The van der Waals surface area contributed by atoms with Gasteiger partial charge in [-0.1, -0.05) is 0 Å². The SMILES string of the molecule is CC1(C)CC[C](=[W])[N-]C1.[U]. The zero-order valence-corrected chi connectivity index (χ0v) is 13.6. The largest absolute Gasteiger partial charge is 0 e. The molecule has 1 saturated heterocycles. The maximum Gasteiger partial charge on any atom is 0 e. The fourth-order valence-corrected chi connectivity index (χ4v) is 1.50. The van der Waals surface area contributed by atoms with Gasteiger partial charge in [-0.2, -0.15) is 0 Å². The number of piperidine rings is 1. The molecule has 0 atom stereocenters. The molecule has 1 nitrogen and oxygen atoms in total. The second-order valence-electron chi connectivity index (χ2n) is 3.37. The third kappa shape index (κ3) is 3.82. The average Bonchev–Trinajstić information content (AvgIpc) is 1.78. The second kappa shape index (κ2) is 4.56. The minimum Gasteiger partial charge on any atom is 0 e. The third-order valence-corrected chi connectivity index (χ3v) is 2.90. The summed E-state index contributed by atoms with van der Waals surface area (Å²) in [6, 6.07) is 0. The molecule has 1 heterocycles. The Morgan fingerprint density at radius 1 is 1.50 bits per heavy atom. The molecule has 0 aliphatic carbocycles. The topological polar surface area (TPSA) is 14.1 Å². The van der Waals surface area contributed by atoms with E-state index in [0.717, 1.165) is 6.54 Å². The first-order valence-electron chi connectivity index (χ1n) is 3.30. The van der Waals surface area contributed by atoms with E-state index in [0.29, 0.717) is 5.41 Å². The van der Waals surface area contributed by atoms with E-state index in [-0.39, 0.29) is 31.1 Å². The van der Waals surface area contributed by atoms with Crippen molar-refractivity contribution in [3.05, 3.63) is 5.32 Å². The summed E-state index contributed by atoms with van der Waals surface area (Å²) in [4.78, 5) is 0. The first-order chi connectivity index (χ1) is 4.10. The normalized spacial score (nSPS) is 23.6. The summed E-state index contributed by atoms with van der Waals surface area (Å²) < 4.78 is 1.41. The van der Waals surface area contributed by atoms with Crippen LogP contribution in [0.15, 0.2) is 0 Å². The van der Waals surface area contributed by atoms with Crippen molar-refractivity contribution in [1.29, 1.82) is 0 Å². The van der Waals surface area contributed by atoms with Gasteiger partial charge < -0.3 is 0 Å². The molecule has 1 rings (SSSR count). The quantitative estimate of drug-likeness (QED) is 0.453. The number of nitrogens with zero attached hydrogens (tertiary/aromatic N) is 1. The minimum absolute atomic E-state index is 0. The van der Waals surface area contributed by atoms with Gasteiger partial charge >= 0.3 is 67.3 Å². The molecule has 0 bridgehead atoms. The van der Waals surface area contributed by atoms with Gasteiger partial charge in [0.15, 0.2) is 0 Å². The average molecular weight is 532 g/mol. The smallest absolute Gasteiger partial charge is 0 e. The minimum atomic E-state index is 0. The molecule has 0 radical (unpaired) electrons. The Morgan fingerprint density at radius 2 is 2.10 bits per heavy atom. The Bertz CT molecular complexity index is 122. The van der Waals surface area contributed by atoms with Gasteiger partial charge in [-0.15, -0.1) is 0 Å². The molecule has 0 amide bonds. The molecule has 0 aromatic carbocycles. The van der Waals surface area contributed by atoms with Gasteiger partial charge in [0, 0.05) is 31.1 Å². The molecule has 0 unspecified atom stereocenters. The van der Waals surface area contributed by atoms with Crippen LogP contribution in [0.1, 0.15) is 26.7 Å². The van der Waals surface area contributed by atoms with Crippen LogP contribution in [0.25, 0.3) is 5.32 Å². The van der Waals surface area contributed by atoms with E-state index in [1.165, 1.54) is 16.9 Å². The first-order valence-corrected chi connectivity index (χ1v) is 4.77. The Balaban J connectivity index is 0.000000810. The Morgan fingerprint density at radius 3 is 2.40 bits per heavy atom. The fourth-order valence-electron chi connectivity index (χ4n) is 0.906. The van der Waals surface area contributed by atoms with Crippen molar-refractivity contribution >= 4 is 4.02 Å². The van der Waals surface area contributed by atoms with Crippen LogP contribution in [0.2, 0.25) is 0 Å². The van der Waals surface area contributed by atoms with Crippen LogP contribution < -0.4 is 0 Å². The molecule has 1 aliphatic heterocycles. The van der Waals surface area contributed by atoms with Crippen LogP contribution in [0, 0.1) is 36.5 Å². The van der Waals surface area contributed by atoms with Crippen LogP contribution in [0.3, 0.4) is 0 Å². The molecule has 1 fully saturated rings. The van der Waals surface area contributed by atoms with Gasteiger partial charge in [0.2, 0.25) is 0 Å². The van der Waals surface area contributed by atoms with E-state index in [4.69, 9.17) is 0 Å². The van der Waals surface area contributed by atoms with Crippen LogP contribution >= 0.6 is 0 Å². The molecule has 1 aliphatic rings. The van der Waals surface area contributed by atoms with E-state index in [2.05, 4.69) is 19.2 Å². The molecule has 10 heavy (non-hydrogen) atoms. The molecule has 0 N–H and O–H groups in total. The maximum atomic E-state index is 4.44. The predicted molar refractivity (Wildman–Crippen MR) is 36.2 cm³/mol. The Hall–Kier alpha value is 1.57. The predicted octanol–water partition coefficient (Wildman–Crippen LogP) is 1.86. The summed E-state index contributed by atoms with van der Waals surface area (Å²) in [6.07, 6.45) is 2.57. The third-order valence-electron chi connectivity index (χ3n) is 1.70. The van der Waals surface area contributed by atoms with Crippen LogP contribution in [-0.4, -0.2) is 10.6 Å². The molecule has 0 aromatic heterocycles. The summed E-state index contributed by atoms with van der Waals surface area (Å²) in [5, 5.41) is 4.44. The number of hydrogen-bond acceptors (Lipinski definition) is 0. The molecule has 56 valence electrons. The molecular formula is C7H12NUW-. The van der Waals surface area contributed by atoms with Gasteiger partial charge in [-0.25, -0.2) is 0 Å². The molecule has 0 aromatic rings. The van der Waals surface area contributed by atoms with Gasteiger partial charge in [-0.05, 0) is 0 Å². The zero-order chi connectivity index (χ0) is 6.91. The van der Waals surface area contributed by atoms with E-state index >= 15 is 0 Å². The van der Waals surface area contributed by atoms with Crippen molar-refractivity contribution in [2.24, 2.45) is 5.41 Å². The Labute approximate surface area is 97.5 Å². The van der Waals surface area contributed by atoms with E-state index in [1.54, 1.807) is 19.4 Å². The second-order valence-corrected chi connectivity index (χ2v) is 5.07. The van der Waals surface area contributed by atoms with E-state index < -0.39 is 0 Å². The van der Waals surface area contributed by atoms with Gasteiger partial charge in [0.25, 0.3) is 0 Å². The fraction of sp³-hybridized carbons (Fsp3) is 0.857. The number of hydrogen-bond donors (Lipinski definition) is 0. The molecule has 0 saturated carbocycles. The zero-order valence-electron chi connectivity index (χ0n) is 6.48. The molecule has 0 spiro atoms. The van der Waals surface area contributed by atoms with Crippen molar-refractivity contribution in [1.82, 2.24) is 0 Å². The summed E-state index contributed by atoms with van der Waals surface area (Å²) >= 11 is 1.56. The van der Waals surface area contributed by atoms with Crippen LogP contribution in [-0.2, 0) is 19.4 Å². The maximum absolute atomic E-state index is 4.44. The van der Waals surface area contributed by atoms with E-state index in [1.807, 2.05) is 0 Å². The van der Waals surface area contributed by atoms with E-state index in [9.17, 15) is 0 Å². The monoisotopic (exact) mass is 532 g/mol. The Kier molecular flexibility index (Phi) is 5.28. The summed E-state index contributed by atoms with van der Waals surface area (Å²) in [5.74, 6) is 0. The number of rotatable bonds is 0. The van der Waals surface area contributed by atoms with Crippen molar-refractivity contribution in [3.63, 3.8) is 0 Å². The first kappa shape index (κ1) is 11.6. The van der Waals surface area contributed by atoms with Crippen LogP contribution in [0.5, 0.6) is 0 Å². The van der Waals surface area contributed by atoms with Crippen molar-refractivity contribution in [3.8, 4) is 0 Å². The van der Waals surface area contributed by atoms with Gasteiger partial charge in [0.1, 0.15) is 0 Å². The standard InChI is InChI=1S/C7H12N.U.W/c1-7(2)4-3-5-8-6-7;;/h3-4,6H2,1-2H3;;/q-1;;. The van der Waals surface area contributed by atoms with Crippen molar-refractivity contribution < 1.29 is 50.5 Å². The molecular weight excluding hydrogens is 520 g/mol. The van der Waals surface area contributed by atoms with Crippen LogP contribution in [0.4, 0.5) is 0 Å². The van der Waals surface area contributed by atoms with Crippen molar-refractivity contribution in [2.75, 3.05) is 6.54 Å². The van der Waals surface area contributed by atoms with Gasteiger partial charge in [-0.3, -0.25) is 0 Å². The summed E-state index contributed by atoms with van der Waals surface area (Å²) in [6.45, 7) is 5.63. The van der Waals surface area contributed by atoms with Gasteiger partial charge in [0.05, 0.1) is 0 Å². The van der Waals surface area contributed by atoms with Crippen molar-refractivity contribution in [2.45, 2.75) is 26.7 Å². The molecule has 3 heteroatoms. The summed E-state index contributed by atoms with van der Waals surface area (Å²) in [7, 11) is 0.